The molecule has 0 spiro atoms. The number of aliphatic hydroxyl groups excluding tert-OH is 2. The van der Waals surface area contributed by atoms with Crippen molar-refractivity contribution in [2.24, 2.45) is 23.7 Å². The molecule has 0 aromatic heterocycles. The van der Waals surface area contributed by atoms with E-state index in [-0.39, 0.29) is 5.92 Å². The number of benzene rings is 1. The zero-order valence-corrected chi connectivity index (χ0v) is 15.2. The molecule has 5 unspecified atom stereocenters. The van der Waals surface area contributed by atoms with Gasteiger partial charge in [-0.25, -0.2) is 0 Å². The van der Waals surface area contributed by atoms with E-state index in [0.717, 1.165) is 31.3 Å². The highest BCUT2D eigenvalue weighted by Crippen LogP contribution is 2.60. The molecule has 1 aromatic rings. The lowest BCUT2D eigenvalue weighted by atomic mass is 9.51. The number of aryl methyl sites for hydroxylation is 1. The Hall–Kier alpha value is -2.00. The van der Waals surface area contributed by atoms with Crippen LogP contribution in [0.15, 0.2) is 47.3 Å². The lowest BCUT2D eigenvalue weighted by Crippen LogP contribution is -2.44. The van der Waals surface area contributed by atoms with Crippen LogP contribution in [0.1, 0.15) is 43.7 Å². The summed E-state index contributed by atoms with van der Waals surface area (Å²) in [5.74, 6) is 2.22. The largest absolute Gasteiger partial charge is 0.512 e. The molecule has 4 aliphatic carbocycles. The summed E-state index contributed by atoms with van der Waals surface area (Å²) in [5, 5.41) is 31.4. The molecule has 5 rings (SSSR count). The molecule has 0 heterocycles. The fourth-order valence-electron chi connectivity index (χ4n) is 5.83. The average Bonchev–Trinajstić information content (AvgIpc) is 2.57. The van der Waals surface area contributed by atoms with Crippen LogP contribution in [0.4, 0.5) is 0 Å². The van der Waals surface area contributed by atoms with Crippen LogP contribution >= 0.6 is 0 Å². The van der Waals surface area contributed by atoms with E-state index in [2.05, 4.69) is 13.0 Å². The van der Waals surface area contributed by atoms with Crippen LogP contribution in [0.2, 0.25) is 0 Å². The van der Waals surface area contributed by atoms with Gasteiger partial charge in [-0.15, -0.1) is 0 Å². The molecule has 1 saturated carbocycles. The van der Waals surface area contributed by atoms with Crippen LogP contribution in [0.5, 0.6) is 5.75 Å². The lowest BCUT2D eigenvalue weighted by molar-refractivity contribution is 0.106. The first kappa shape index (κ1) is 16.2. The third-order valence-corrected chi connectivity index (χ3v) is 7.19. The lowest BCUT2D eigenvalue weighted by Gasteiger charge is -2.53. The minimum absolute atomic E-state index is 0.119. The fourth-order valence-corrected chi connectivity index (χ4v) is 5.83. The molecule has 26 heavy (non-hydrogen) atoms. The van der Waals surface area contributed by atoms with Crippen molar-refractivity contribution in [1.82, 2.24) is 0 Å². The monoisotopic (exact) mass is 350 g/mol. The Balaban J connectivity index is 1.78. The van der Waals surface area contributed by atoms with Gasteiger partial charge in [0, 0.05) is 5.92 Å². The summed E-state index contributed by atoms with van der Waals surface area (Å²) in [6.07, 6.45) is 8.33. The van der Waals surface area contributed by atoms with E-state index in [0.29, 0.717) is 29.3 Å². The SMILES string of the molecule is CC1C(O)=CC=C2C3=C(c4ccc(O)cc4CCCC3O)C3CCC3C21. The summed E-state index contributed by atoms with van der Waals surface area (Å²) >= 11 is 0. The Morgan fingerprint density at radius 3 is 2.62 bits per heavy atom. The van der Waals surface area contributed by atoms with Crippen molar-refractivity contribution in [2.45, 2.75) is 45.1 Å². The summed E-state index contributed by atoms with van der Waals surface area (Å²) in [6.45, 7) is 2.12. The molecule has 1 fully saturated rings. The van der Waals surface area contributed by atoms with Crippen LogP contribution in [-0.2, 0) is 6.42 Å². The summed E-state index contributed by atoms with van der Waals surface area (Å²) in [6, 6.07) is 5.73. The molecule has 3 N–H and O–H groups in total. The van der Waals surface area contributed by atoms with Gasteiger partial charge in [-0.05, 0) is 95.9 Å². The van der Waals surface area contributed by atoms with Crippen molar-refractivity contribution >= 4 is 5.57 Å². The second-order valence-corrected chi connectivity index (χ2v) is 8.45. The molecular formula is C23H26O3. The molecule has 3 heteroatoms. The van der Waals surface area contributed by atoms with E-state index in [1.165, 1.54) is 28.7 Å². The fraction of sp³-hybridized carbons (Fsp3) is 0.478. The number of aliphatic hydroxyl groups is 2. The minimum Gasteiger partial charge on any atom is -0.512 e. The van der Waals surface area contributed by atoms with Gasteiger partial charge in [-0.1, -0.05) is 19.1 Å². The van der Waals surface area contributed by atoms with Crippen LogP contribution < -0.4 is 0 Å². The predicted molar refractivity (Wildman–Crippen MR) is 102 cm³/mol. The molecule has 0 saturated heterocycles. The molecule has 0 amide bonds. The summed E-state index contributed by atoms with van der Waals surface area (Å²) < 4.78 is 0. The maximum absolute atomic E-state index is 11.1. The second-order valence-electron chi connectivity index (χ2n) is 8.45. The van der Waals surface area contributed by atoms with Crippen molar-refractivity contribution < 1.29 is 15.3 Å². The van der Waals surface area contributed by atoms with E-state index in [1.54, 1.807) is 6.07 Å². The van der Waals surface area contributed by atoms with Gasteiger partial charge in [0.15, 0.2) is 0 Å². The van der Waals surface area contributed by atoms with E-state index < -0.39 is 6.10 Å². The third kappa shape index (κ3) is 2.16. The van der Waals surface area contributed by atoms with Gasteiger partial charge in [-0.3, -0.25) is 0 Å². The Kier molecular flexibility index (Phi) is 3.58. The van der Waals surface area contributed by atoms with Gasteiger partial charge < -0.3 is 15.3 Å². The molecule has 0 bridgehead atoms. The number of phenols is 1. The average molecular weight is 350 g/mol. The second kappa shape index (κ2) is 5.75. The molecule has 136 valence electrons. The van der Waals surface area contributed by atoms with Gasteiger partial charge in [0.1, 0.15) is 5.75 Å². The Morgan fingerprint density at radius 2 is 1.85 bits per heavy atom. The molecule has 5 atom stereocenters. The van der Waals surface area contributed by atoms with Crippen molar-refractivity contribution in [2.75, 3.05) is 0 Å². The van der Waals surface area contributed by atoms with Crippen LogP contribution in [0.25, 0.3) is 5.57 Å². The first-order valence-electron chi connectivity index (χ1n) is 9.91. The number of hydrogen-bond donors (Lipinski definition) is 3. The van der Waals surface area contributed by atoms with Crippen molar-refractivity contribution in [3.8, 4) is 5.75 Å². The number of allylic oxidation sites excluding steroid dienone is 4. The highest BCUT2D eigenvalue weighted by atomic mass is 16.3. The standard InChI is InChI=1S/C23H26O3/c1-12-19(25)10-9-18-21(12)16-7-8-17(16)22-15-6-5-14(24)11-13(15)3-2-4-20(26)23(18)22/h5-6,9-12,16-17,20-21,24-26H,2-4,7-8H2,1H3. The zero-order chi connectivity index (χ0) is 18.0. The smallest absolute Gasteiger partial charge is 0.115 e. The molecule has 0 aliphatic heterocycles. The van der Waals surface area contributed by atoms with E-state index in [1.807, 2.05) is 18.2 Å². The first-order chi connectivity index (χ1) is 12.6. The predicted octanol–water partition coefficient (Wildman–Crippen LogP) is 4.52. The summed E-state index contributed by atoms with van der Waals surface area (Å²) in [5.41, 5.74) is 6.08. The third-order valence-electron chi connectivity index (χ3n) is 7.19. The Morgan fingerprint density at radius 1 is 1.00 bits per heavy atom. The normalized spacial score (nSPS) is 35.5. The van der Waals surface area contributed by atoms with E-state index >= 15 is 0 Å². The van der Waals surface area contributed by atoms with Crippen LogP contribution in [-0.4, -0.2) is 21.4 Å². The molecule has 4 aliphatic rings. The van der Waals surface area contributed by atoms with Gasteiger partial charge in [0.05, 0.1) is 11.9 Å². The van der Waals surface area contributed by atoms with Gasteiger partial charge in [-0.2, -0.15) is 0 Å². The van der Waals surface area contributed by atoms with E-state index in [9.17, 15) is 15.3 Å². The molecule has 0 radical (unpaired) electrons. The molecule has 3 nitrogen and oxygen atoms in total. The topological polar surface area (TPSA) is 60.7 Å². The maximum Gasteiger partial charge on any atom is 0.115 e. The zero-order valence-electron chi connectivity index (χ0n) is 15.2. The highest BCUT2D eigenvalue weighted by molar-refractivity contribution is 5.80. The quantitative estimate of drug-likeness (QED) is 0.645. The Labute approximate surface area is 154 Å². The summed E-state index contributed by atoms with van der Waals surface area (Å²) in [4.78, 5) is 0. The molecule has 1 aromatic carbocycles. The van der Waals surface area contributed by atoms with Crippen molar-refractivity contribution in [3.63, 3.8) is 0 Å². The number of phenolic OH excluding ortho intramolecular Hbond substituents is 1. The van der Waals surface area contributed by atoms with Crippen molar-refractivity contribution in [3.05, 3.63) is 58.4 Å². The minimum atomic E-state index is -0.442. The number of fused-ring (bicyclic) bond motifs is 7. The highest BCUT2D eigenvalue weighted by Gasteiger charge is 2.50. The number of rotatable bonds is 0. The van der Waals surface area contributed by atoms with Gasteiger partial charge in [0.25, 0.3) is 0 Å². The maximum atomic E-state index is 11.1. The van der Waals surface area contributed by atoms with Gasteiger partial charge in [0.2, 0.25) is 0 Å². The summed E-state index contributed by atoms with van der Waals surface area (Å²) in [7, 11) is 0. The molecular weight excluding hydrogens is 324 g/mol. The first-order valence-corrected chi connectivity index (χ1v) is 9.91. The Bertz CT molecular complexity index is 860. The number of hydrogen-bond acceptors (Lipinski definition) is 3. The van der Waals surface area contributed by atoms with Crippen molar-refractivity contribution in [1.29, 1.82) is 0 Å². The van der Waals surface area contributed by atoms with Crippen LogP contribution in [0, 0.1) is 23.7 Å². The van der Waals surface area contributed by atoms with Crippen LogP contribution in [0.3, 0.4) is 0 Å². The number of aromatic hydroxyl groups is 1. The van der Waals surface area contributed by atoms with Gasteiger partial charge >= 0.3 is 0 Å². The van der Waals surface area contributed by atoms with E-state index in [4.69, 9.17) is 0 Å².